The highest BCUT2D eigenvalue weighted by molar-refractivity contribution is 7.98. The Morgan fingerprint density at radius 2 is 2.33 bits per heavy atom. The minimum Gasteiger partial charge on any atom is -0.480 e. The number of rotatable bonds is 6. The van der Waals surface area contributed by atoms with Gasteiger partial charge in [0.2, 0.25) is 0 Å². The number of nitrogen functional groups attached to an aromatic ring is 1. The summed E-state index contributed by atoms with van der Waals surface area (Å²) in [6.45, 7) is 0. The molecule has 0 aliphatic rings. The van der Waals surface area contributed by atoms with E-state index < -0.39 is 17.9 Å². The molecule has 7 nitrogen and oxygen atoms in total. The predicted octanol–water partition coefficient (Wildman–Crippen LogP) is -0.0616. The molecule has 0 radical (unpaired) electrons. The van der Waals surface area contributed by atoms with Crippen LogP contribution in [0.4, 0.5) is 5.82 Å². The molecule has 8 heteroatoms. The van der Waals surface area contributed by atoms with E-state index in [-0.39, 0.29) is 11.4 Å². The van der Waals surface area contributed by atoms with Crippen molar-refractivity contribution in [2.45, 2.75) is 12.5 Å². The van der Waals surface area contributed by atoms with Crippen LogP contribution in [0.2, 0.25) is 0 Å². The Balaban J connectivity index is 2.72. The zero-order chi connectivity index (χ0) is 13.7. The Morgan fingerprint density at radius 1 is 1.67 bits per heavy atom. The number of carbonyl (C=O) groups is 2. The largest absolute Gasteiger partial charge is 0.480 e. The number of carbonyl (C=O) groups excluding carboxylic acids is 1. The number of aliphatic carboxylic acids is 1. The van der Waals surface area contributed by atoms with Gasteiger partial charge >= 0.3 is 5.97 Å². The van der Waals surface area contributed by atoms with E-state index in [0.717, 1.165) is 0 Å². The van der Waals surface area contributed by atoms with Crippen LogP contribution < -0.4 is 11.1 Å². The molecule has 100 valence electrons. The molecule has 1 atom stereocenters. The van der Waals surface area contributed by atoms with Crippen molar-refractivity contribution >= 4 is 29.5 Å². The second-order valence-corrected chi connectivity index (χ2v) is 4.70. The maximum atomic E-state index is 11.8. The molecule has 0 spiro atoms. The number of hydrogen-bond donors (Lipinski definition) is 3. The SMILES string of the molecule is CSCCC(NC(=O)c1cnn(C)c1N)C(=O)O. The highest BCUT2D eigenvalue weighted by Gasteiger charge is 2.22. The summed E-state index contributed by atoms with van der Waals surface area (Å²) < 4.78 is 1.35. The van der Waals surface area contributed by atoms with E-state index in [0.29, 0.717) is 12.2 Å². The van der Waals surface area contributed by atoms with Crippen LogP contribution in [0.1, 0.15) is 16.8 Å². The van der Waals surface area contributed by atoms with Crippen molar-refractivity contribution in [2.75, 3.05) is 17.7 Å². The highest BCUT2D eigenvalue weighted by atomic mass is 32.2. The quantitative estimate of drug-likeness (QED) is 0.669. The maximum absolute atomic E-state index is 11.8. The summed E-state index contributed by atoms with van der Waals surface area (Å²) in [5.41, 5.74) is 5.83. The number of carboxylic acids is 1. The van der Waals surface area contributed by atoms with Crippen LogP contribution in [0.5, 0.6) is 0 Å². The van der Waals surface area contributed by atoms with Crippen LogP contribution in [-0.4, -0.2) is 44.8 Å². The van der Waals surface area contributed by atoms with Gasteiger partial charge in [-0.2, -0.15) is 16.9 Å². The van der Waals surface area contributed by atoms with Gasteiger partial charge in [-0.3, -0.25) is 9.48 Å². The van der Waals surface area contributed by atoms with Crippen molar-refractivity contribution < 1.29 is 14.7 Å². The standard InChI is InChI=1S/C10H16N4O3S/c1-14-8(11)6(5-12-14)9(15)13-7(10(16)17)3-4-18-2/h5,7H,3-4,11H2,1-2H3,(H,13,15)(H,16,17). The number of hydrogen-bond acceptors (Lipinski definition) is 5. The molecule has 1 amide bonds. The number of aromatic nitrogens is 2. The molecule has 0 aliphatic carbocycles. The van der Waals surface area contributed by atoms with Crippen molar-refractivity contribution in [3.63, 3.8) is 0 Å². The van der Waals surface area contributed by atoms with Gasteiger partial charge in [0.1, 0.15) is 17.4 Å². The molecule has 1 aromatic rings. The summed E-state index contributed by atoms with van der Waals surface area (Å²) in [6, 6.07) is -0.912. The number of nitrogens with two attached hydrogens (primary N) is 1. The summed E-state index contributed by atoms with van der Waals surface area (Å²) in [6.07, 6.45) is 3.56. The van der Waals surface area contributed by atoms with Crippen molar-refractivity contribution in [2.24, 2.45) is 7.05 Å². The Hall–Kier alpha value is -1.70. The number of amides is 1. The smallest absolute Gasteiger partial charge is 0.326 e. The third-order valence-electron chi connectivity index (χ3n) is 2.44. The van der Waals surface area contributed by atoms with E-state index in [1.165, 1.54) is 22.6 Å². The first-order valence-corrected chi connectivity index (χ1v) is 6.66. The van der Waals surface area contributed by atoms with Gasteiger partial charge in [-0.25, -0.2) is 4.79 Å². The average Bonchev–Trinajstić information content (AvgIpc) is 2.65. The van der Waals surface area contributed by atoms with Gasteiger partial charge in [0.25, 0.3) is 5.91 Å². The van der Waals surface area contributed by atoms with E-state index in [2.05, 4.69) is 10.4 Å². The van der Waals surface area contributed by atoms with Crippen molar-refractivity contribution in [1.29, 1.82) is 0 Å². The van der Waals surface area contributed by atoms with Gasteiger partial charge < -0.3 is 16.2 Å². The number of anilines is 1. The van der Waals surface area contributed by atoms with Gasteiger partial charge in [0.05, 0.1) is 6.20 Å². The molecule has 0 saturated carbocycles. The van der Waals surface area contributed by atoms with Crippen molar-refractivity contribution in [3.8, 4) is 0 Å². The second kappa shape index (κ2) is 6.29. The molecular formula is C10H16N4O3S. The van der Waals surface area contributed by atoms with Crippen LogP contribution in [0.25, 0.3) is 0 Å². The minimum absolute atomic E-state index is 0.188. The zero-order valence-corrected chi connectivity index (χ0v) is 11.0. The van der Waals surface area contributed by atoms with E-state index in [1.54, 1.807) is 7.05 Å². The molecule has 0 aromatic carbocycles. The molecule has 1 heterocycles. The van der Waals surface area contributed by atoms with Gasteiger partial charge in [0, 0.05) is 7.05 Å². The van der Waals surface area contributed by atoms with Crippen LogP contribution in [0, 0.1) is 0 Å². The predicted molar refractivity (Wildman–Crippen MR) is 69.5 cm³/mol. The first kappa shape index (κ1) is 14.4. The van der Waals surface area contributed by atoms with Gasteiger partial charge in [-0.15, -0.1) is 0 Å². The lowest BCUT2D eigenvalue weighted by Crippen LogP contribution is -2.41. The van der Waals surface area contributed by atoms with Gasteiger partial charge in [0.15, 0.2) is 0 Å². The molecule has 1 unspecified atom stereocenters. The number of nitrogens with zero attached hydrogens (tertiary/aromatic N) is 2. The molecule has 4 N–H and O–H groups in total. The second-order valence-electron chi connectivity index (χ2n) is 3.71. The molecule has 0 aliphatic heterocycles. The first-order valence-electron chi connectivity index (χ1n) is 5.27. The molecule has 0 bridgehead atoms. The minimum atomic E-state index is -1.06. The zero-order valence-electron chi connectivity index (χ0n) is 10.2. The number of carboxylic acid groups (broad SMARTS) is 1. The number of thioether (sulfide) groups is 1. The van der Waals surface area contributed by atoms with E-state index >= 15 is 0 Å². The van der Waals surface area contributed by atoms with E-state index in [1.807, 2.05) is 6.26 Å². The Labute approximate surface area is 109 Å². The summed E-state index contributed by atoms with van der Waals surface area (Å²) in [4.78, 5) is 22.8. The third kappa shape index (κ3) is 3.39. The van der Waals surface area contributed by atoms with Crippen molar-refractivity contribution in [1.82, 2.24) is 15.1 Å². The Bertz CT molecular complexity index is 446. The molecule has 0 saturated heterocycles. The van der Waals surface area contributed by atoms with E-state index in [9.17, 15) is 9.59 Å². The lowest BCUT2D eigenvalue weighted by Gasteiger charge is -2.13. The maximum Gasteiger partial charge on any atom is 0.326 e. The van der Waals surface area contributed by atoms with Crippen LogP contribution in [0.15, 0.2) is 6.20 Å². The fourth-order valence-corrected chi connectivity index (χ4v) is 1.82. The molecule has 1 rings (SSSR count). The van der Waals surface area contributed by atoms with Crippen molar-refractivity contribution in [3.05, 3.63) is 11.8 Å². The van der Waals surface area contributed by atoms with Crippen LogP contribution in [0.3, 0.4) is 0 Å². The Kier molecular flexibility index (Phi) is 5.02. The molecule has 0 fully saturated rings. The molecular weight excluding hydrogens is 256 g/mol. The monoisotopic (exact) mass is 272 g/mol. The molecule has 18 heavy (non-hydrogen) atoms. The van der Waals surface area contributed by atoms with Crippen LogP contribution in [-0.2, 0) is 11.8 Å². The third-order valence-corrected chi connectivity index (χ3v) is 3.09. The van der Waals surface area contributed by atoms with Gasteiger partial charge in [-0.1, -0.05) is 0 Å². The fraction of sp³-hybridized carbons (Fsp3) is 0.500. The summed E-state index contributed by atoms with van der Waals surface area (Å²) >= 11 is 1.52. The highest BCUT2D eigenvalue weighted by Crippen LogP contribution is 2.10. The summed E-state index contributed by atoms with van der Waals surface area (Å²) in [7, 11) is 1.61. The Morgan fingerprint density at radius 3 is 2.78 bits per heavy atom. The normalized spacial score (nSPS) is 12.1. The molecule has 1 aromatic heterocycles. The average molecular weight is 272 g/mol. The number of nitrogens with one attached hydrogen (secondary N) is 1. The van der Waals surface area contributed by atoms with E-state index in [4.69, 9.17) is 10.8 Å². The lowest BCUT2D eigenvalue weighted by atomic mass is 10.2. The first-order chi connectivity index (χ1) is 8.47. The number of aryl methyl sites for hydroxylation is 1. The summed E-state index contributed by atoms with van der Waals surface area (Å²) in [5, 5.41) is 15.3. The van der Waals surface area contributed by atoms with Crippen LogP contribution >= 0.6 is 11.8 Å². The van der Waals surface area contributed by atoms with Gasteiger partial charge in [-0.05, 0) is 18.4 Å². The lowest BCUT2D eigenvalue weighted by molar-refractivity contribution is -0.139. The summed E-state index contributed by atoms with van der Waals surface area (Å²) in [5.74, 6) is -0.713. The topological polar surface area (TPSA) is 110 Å². The fourth-order valence-electron chi connectivity index (χ4n) is 1.35.